The molecule has 2 saturated heterocycles. The third kappa shape index (κ3) is 3.80. The summed E-state index contributed by atoms with van der Waals surface area (Å²) in [5.74, 6) is 1.43. The Kier molecular flexibility index (Phi) is 5.32. The van der Waals surface area contributed by atoms with Crippen molar-refractivity contribution in [3.8, 4) is 0 Å². The molecule has 5 heteroatoms. The molecule has 0 bridgehead atoms. The molecule has 1 aromatic rings. The summed E-state index contributed by atoms with van der Waals surface area (Å²) in [5, 5.41) is 0. The van der Waals surface area contributed by atoms with E-state index in [1.807, 2.05) is 17.0 Å². The van der Waals surface area contributed by atoms with E-state index in [4.69, 9.17) is 0 Å². The SMILES string of the molecule is CC1CCN(C(=O)C2CCN(C(=O)C3(c4ccc(Br)cc4)CC3)CC2)CC1. The Morgan fingerprint density at radius 3 is 2.04 bits per heavy atom. The van der Waals surface area contributed by atoms with Gasteiger partial charge in [-0.25, -0.2) is 0 Å². The molecular formula is C22H29BrN2O2. The van der Waals surface area contributed by atoms with Crippen molar-refractivity contribution in [1.29, 1.82) is 0 Å². The number of rotatable bonds is 3. The first-order valence-corrected chi connectivity index (χ1v) is 11.1. The second-order valence-corrected chi connectivity index (χ2v) is 9.58. The first-order chi connectivity index (χ1) is 13.0. The smallest absolute Gasteiger partial charge is 0.233 e. The second-order valence-electron chi connectivity index (χ2n) is 8.66. The van der Waals surface area contributed by atoms with E-state index in [-0.39, 0.29) is 17.2 Å². The first kappa shape index (κ1) is 19.0. The van der Waals surface area contributed by atoms with E-state index in [0.717, 1.165) is 80.7 Å². The Morgan fingerprint density at radius 2 is 1.48 bits per heavy atom. The number of carbonyl (C=O) groups excluding carboxylic acids is 2. The molecule has 0 unspecified atom stereocenters. The molecule has 3 aliphatic rings. The van der Waals surface area contributed by atoms with Gasteiger partial charge in [0.15, 0.2) is 0 Å². The summed E-state index contributed by atoms with van der Waals surface area (Å²) >= 11 is 3.47. The lowest BCUT2D eigenvalue weighted by molar-refractivity contribution is -0.142. The van der Waals surface area contributed by atoms with Gasteiger partial charge in [0.05, 0.1) is 5.41 Å². The van der Waals surface area contributed by atoms with Crippen LogP contribution in [0.2, 0.25) is 0 Å². The molecule has 27 heavy (non-hydrogen) atoms. The van der Waals surface area contributed by atoms with Crippen molar-refractivity contribution in [2.45, 2.75) is 50.9 Å². The lowest BCUT2D eigenvalue weighted by atomic mass is 9.90. The van der Waals surface area contributed by atoms with Gasteiger partial charge in [-0.15, -0.1) is 0 Å². The zero-order valence-electron chi connectivity index (χ0n) is 16.1. The maximum absolute atomic E-state index is 13.2. The Bertz CT molecular complexity index is 698. The van der Waals surface area contributed by atoms with Crippen LogP contribution in [-0.2, 0) is 15.0 Å². The number of benzene rings is 1. The van der Waals surface area contributed by atoms with Gasteiger partial charge in [0.1, 0.15) is 0 Å². The van der Waals surface area contributed by atoms with Gasteiger partial charge in [0, 0.05) is 36.6 Å². The molecule has 2 heterocycles. The monoisotopic (exact) mass is 432 g/mol. The summed E-state index contributed by atoms with van der Waals surface area (Å²) in [7, 11) is 0. The van der Waals surface area contributed by atoms with Crippen LogP contribution in [0.5, 0.6) is 0 Å². The van der Waals surface area contributed by atoms with E-state index in [1.54, 1.807) is 0 Å². The van der Waals surface area contributed by atoms with Gasteiger partial charge in [-0.1, -0.05) is 35.0 Å². The average Bonchev–Trinajstić information content (AvgIpc) is 3.50. The number of carbonyl (C=O) groups is 2. The van der Waals surface area contributed by atoms with Gasteiger partial charge < -0.3 is 9.80 Å². The fourth-order valence-electron chi connectivity index (χ4n) is 4.64. The Hall–Kier alpha value is -1.36. The molecule has 0 radical (unpaired) electrons. The number of hydrogen-bond acceptors (Lipinski definition) is 2. The van der Waals surface area contributed by atoms with Crippen LogP contribution in [0.15, 0.2) is 28.7 Å². The Labute approximate surface area is 170 Å². The van der Waals surface area contributed by atoms with Crippen LogP contribution < -0.4 is 0 Å². The van der Waals surface area contributed by atoms with Gasteiger partial charge in [0.25, 0.3) is 0 Å². The maximum atomic E-state index is 13.2. The highest BCUT2D eigenvalue weighted by Gasteiger charge is 2.53. The molecule has 0 aromatic heterocycles. The van der Waals surface area contributed by atoms with Crippen LogP contribution in [0, 0.1) is 11.8 Å². The fourth-order valence-corrected chi connectivity index (χ4v) is 4.90. The minimum Gasteiger partial charge on any atom is -0.342 e. The number of hydrogen-bond donors (Lipinski definition) is 0. The van der Waals surface area contributed by atoms with Gasteiger partial charge in [0.2, 0.25) is 11.8 Å². The summed E-state index contributed by atoms with van der Waals surface area (Å²) in [5.41, 5.74) is 0.830. The first-order valence-electron chi connectivity index (χ1n) is 10.3. The number of piperidine rings is 2. The van der Waals surface area contributed by atoms with Crippen molar-refractivity contribution in [2.24, 2.45) is 11.8 Å². The van der Waals surface area contributed by atoms with Gasteiger partial charge in [-0.05, 0) is 62.1 Å². The fraction of sp³-hybridized carbons (Fsp3) is 0.636. The Balaban J connectivity index is 1.34. The summed E-state index contributed by atoms with van der Waals surface area (Å²) in [6.45, 7) is 5.53. The quantitative estimate of drug-likeness (QED) is 0.724. The van der Waals surface area contributed by atoms with E-state index in [0.29, 0.717) is 5.91 Å². The standard InChI is InChI=1S/C22H29BrN2O2/c1-16-6-12-24(13-7-16)20(26)17-8-14-25(15-9-17)21(27)22(10-11-22)18-2-4-19(23)5-3-18/h2-5,16-17H,6-15H2,1H3. The van der Waals surface area contributed by atoms with Crippen molar-refractivity contribution in [3.63, 3.8) is 0 Å². The lowest BCUT2D eigenvalue weighted by Crippen LogP contribution is -2.48. The maximum Gasteiger partial charge on any atom is 0.233 e. The largest absolute Gasteiger partial charge is 0.342 e. The number of likely N-dealkylation sites (tertiary alicyclic amines) is 2. The molecule has 1 aliphatic carbocycles. The minimum absolute atomic E-state index is 0.102. The van der Waals surface area contributed by atoms with Crippen molar-refractivity contribution < 1.29 is 9.59 Å². The van der Waals surface area contributed by atoms with Crippen LogP contribution in [0.4, 0.5) is 0 Å². The molecule has 1 saturated carbocycles. The van der Waals surface area contributed by atoms with E-state index >= 15 is 0 Å². The second kappa shape index (κ2) is 7.57. The number of halogens is 1. The predicted molar refractivity (Wildman–Crippen MR) is 109 cm³/mol. The van der Waals surface area contributed by atoms with E-state index in [2.05, 4.69) is 39.9 Å². The Morgan fingerprint density at radius 1 is 0.926 bits per heavy atom. The topological polar surface area (TPSA) is 40.6 Å². The molecule has 4 rings (SSSR count). The van der Waals surface area contributed by atoms with E-state index in [1.165, 1.54) is 0 Å². The van der Waals surface area contributed by atoms with Crippen molar-refractivity contribution >= 4 is 27.7 Å². The number of nitrogens with zero attached hydrogens (tertiary/aromatic N) is 2. The molecule has 0 atom stereocenters. The van der Waals surface area contributed by atoms with Gasteiger partial charge in [-0.3, -0.25) is 9.59 Å². The van der Waals surface area contributed by atoms with Crippen LogP contribution in [0.3, 0.4) is 0 Å². The van der Waals surface area contributed by atoms with Crippen molar-refractivity contribution in [1.82, 2.24) is 9.80 Å². The molecule has 2 aliphatic heterocycles. The highest BCUT2D eigenvalue weighted by molar-refractivity contribution is 9.10. The summed E-state index contributed by atoms with van der Waals surface area (Å²) in [4.78, 5) is 30.1. The number of amides is 2. The third-order valence-corrected chi connectivity index (χ3v) is 7.31. The molecule has 1 aromatic carbocycles. The van der Waals surface area contributed by atoms with Gasteiger partial charge >= 0.3 is 0 Å². The lowest BCUT2D eigenvalue weighted by Gasteiger charge is -2.37. The van der Waals surface area contributed by atoms with E-state index in [9.17, 15) is 9.59 Å². The highest BCUT2D eigenvalue weighted by atomic mass is 79.9. The summed E-state index contributed by atoms with van der Waals surface area (Å²) in [6.07, 6.45) is 5.76. The molecule has 0 N–H and O–H groups in total. The summed E-state index contributed by atoms with van der Waals surface area (Å²) in [6, 6.07) is 8.19. The van der Waals surface area contributed by atoms with Crippen LogP contribution >= 0.6 is 15.9 Å². The molecule has 146 valence electrons. The van der Waals surface area contributed by atoms with Crippen LogP contribution in [-0.4, -0.2) is 47.8 Å². The molecule has 2 amide bonds. The highest BCUT2D eigenvalue weighted by Crippen LogP contribution is 2.50. The molecular weight excluding hydrogens is 404 g/mol. The average molecular weight is 433 g/mol. The van der Waals surface area contributed by atoms with Gasteiger partial charge in [-0.2, -0.15) is 0 Å². The molecule has 0 spiro atoms. The molecule has 3 fully saturated rings. The van der Waals surface area contributed by atoms with Crippen molar-refractivity contribution in [2.75, 3.05) is 26.2 Å². The predicted octanol–water partition coefficient (Wildman–Crippen LogP) is 3.98. The summed E-state index contributed by atoms with van der Waals surface area (Å²) < 4.78 is 1.04. The van der Waals surface area contributed by atoms with Crippen LogP contribution in [0.25, 0.3) is 0 Å². The third-order valence-electron chi connectivity index (χ3n) is 6.78. The zero-order valence-corrected chi connectivity index (χ0v) is 17.7. The van der Waals surface area contributed by atoms with Crippen LogP contribution in [0.1, 0.15) is 51.0 Å². The van der Waals surface area contributed by atoms with E-state index < -0.39 is 0 Å². The zero-order chi connectivity index (χ0) is 19.0. The molecule has 4 nitrogen and oxygen atoms in total. The minimum atomic E-state index is -0.305. The van der Waals surface area contributed by atoms with Crippen molar-refractivity contribution in [3.05, 3.63) is 34.3 Å². The normalized spacial score (nSPS) is 23.3.